The van der Waals surface area contributed by atoms with E-state index in [4.69, 9.17) is 10.1 Å². The van der Waals surface area contributed by atoms with Crippen LogP contribution in [-0.4, -0.2) is 24.4 Å². The summed E-state index contributed by atoms with van der Waals surface area (Å²) in [5.74, 6) is 7.58. The van der Waals surface area contributed by atoms with E-state index in [9.17, 15) is 4.79 Å². The predicted molar refractivity (Wildman–Crippen MR) is 117 cm³/mol. The number of nitrogens with zero attached hydrogens (tertiary/aromatic N) is 1. The van der Waals surface area contributed by atoms with E-state index < -0.39 is 0 Å². The molecule has 1 saturated carbocycles. The third kappa shape index (κ3) is 5.39. The second kappa shape index (κ2) is 9.29. The van der Waals surface area contributed by atoms with Crippen molar-refractivity contribution < 1.29 is 4.74 Å². The normalized spacial score (nSPS) is 14.5. The van der Waals surface area contributed by atoms with Gasteiger partial charge in [0.15, 0.2) is 0 Å². The van der Waals surface area contributed by atoms with E-state index in [2.05, 4.69) is 17.2 Å². The summed E-state index contributed by atoms with van der Waals surface area (Å²) in [7, 11) is 1.77. The van der Waals surface area contributed by atoms with Gasteiger partial charge in [-0.2, -0.15) is 0 Å². The fourth-order valence-electron chi connectivity index (χ4n) is 3.15. The van der Waals surface area contributed by atoms with Crippen molar-refractivity contribution in [3.63, 3.8) is 0 Å². The number of nitrogens with one attached hydrogen (secondary N) is 2. The van der Waals surface area contributed by atoms with Gasteiger partial charge in [0.05, 0.1) is 6.04 Å². The average Bonchev–Trinajstić information content (AvgIpc) is 3.54. The third-order valence-corrected chi connectivity index (χ3v) is 4.93. The number of aromatic nitrogens is 1. The van der Waals surface area contributed by atoms with Gasteiger partial charge >= 0.3 is 0 Å². The summed E-state index contributed by atoms with van der Waals surface area (Å²) < 4.78 is 7.46. The van der Waals surface area contributed by atoms with Gasteiger partial charge in [-0.1, -0.05) is 24.0 Å². The van der Waals surface area contributed by atoms with Crippen LogP contribution in [0.2, 0.25) is 0 Å². The first-order valence-corrected chi connectivity index (χ1v) is 9.86. The number of aryl methyl sites for hydroxylation is 1. The van der Waals surface area contributed by atoms with Crippen LogP contribution in [0.1, 0.15) is 42.6 Å². The van der Waals surface area contributed by atoms with E-state index in [1.807, 2.05) is 44.2 Å². The molecule has 1 aliphatic rings. The Balaban J connectivity index is 1.76. The number of hydrogen-bond donors (Lipinski definition) is 2. The van der Waals surface area contributed by atoms with Gasteiger partial charge in [0.2, 0.25) is 0 Å². The molecule has 1 fully saturated rings. The highest BCUT2D eigenvalue weighted by atomic mass is 16.5. The number of pyridine rings is 1. The summed E-state index contributed by atoms with van der Waals surface area (Å²) in [6, 6.07) is 11.4. The lowest BCUT2D eigenvalue weighted by Crippen LogP contribution is -2.25. The van der Waals surface area contributed by atoms with E-state index >= 15 is 0 Å². The van der Waals surface area contributed by atoms with Gasteiger partial charge in [-0.3, -0.25) is 4.79 Å². The number of hydrogen-bond acceptors (Lipinski definition) is 4. The highest BCUT2D eigenvalue weighted by molar-refractivity contribution is 5.75. The lowest BCUT2D eigenvalue weighted by Gasteiger charge is -2.19. The van der Waals surface area contributed by atoms with Gasteiger partial charge in [-0.05, 0) is 50.5 Å². The standard InChI is InChI=1S/C24H27N3O2/c1-17-12-23(29-16-21(14-25)15-26-3)13-24(28)27(17)18(2)22-10-8-20(9-11-22)7-6-19-4-5-19/h8-15,18-19,25-26H,4-5,16H2,1-3H3/b21-15+,25-14?/t18-/m1/s1. The molecule has 3 rings (SSSR count). The zero-order chi connectivity index (χ0) is 20.8. The van der Waals surface area contributed by atoms with Crippen LogP contribution >= 0.6 is 0 Å². The van der Waals surface area contributed by atoms with Crippen LogP contribution in [0.15, 0.2) is 53.0 Å². The first-order valence-electron chi connectivity index (χ1n) is 9.86. The molecule has 0 saturated heterocycles. The zero-order valence-corrected chi connectivity index (χ0v) is 17.2. The topological polar surface area (TPSA) is 67.1 Å². The van der Waals surface area contributed by atoms with Gasteiger partial charge in [0.25, 0.3) is 5.56 Å². The van der Waals surface area contributed by atoms with Gasteiger partial charge in [-0.15, -0.1) is 0 Å². The first kappa shape index (κ1) is 20.5. The summed E-state index contributed by atoms with van der Waals surface area (Å²) in [5.41, 5.74) is 3.47. The monoisotopic (exact) mass is 389 g/mol. The van der Waals surface area contributed by atoms with Crippen LogP contribution < -0.4 is 15.6 Å². The molecule has 1 atom stereocenters. The minimum atomic E-state index is -0.112. The molecule has 0 spiro atoms. The molecule has 1 aromatic carbocycles. The van der Waals surface area contributed by atoms with Gasteiger partial charge in [0, 0.05) is 48.3 Å². The van der Waals surface area contributed by atoms with E-state index in [0.717, 1.165) is 16.8 Å². The molecule has 2 N–H and O–H groups in total. The lowest BCUT2D eigenvalue weighted by molar-refractivity contribution is 0.354. The van der Waals surface area contributed by atoms with Gasteiger partial charge in [-0.25, -0.2) is 0 Å². The minimum absolute atomic E-state index is 0.0942. The fourth-order valence-corrected chi connectivity index (χ4v) is 3.15. The molecule has 0 unspecified atom stereocenters. The van der Waals surface area contributed by atoms with E-state index in [1.165, 1.54) is 25.1 Å². The Morgan fingerprint density at radius 2 is 2.07 bits per heavy atom. The van der Waals surface area contributed by atoms with Crippen molar-refractivity contribution in [2.24, 2.45) is 5.92 Å². The molecule has 5 heteroatoms. The number of ether oxygens (including phenoxy) is 1. The molecule has 0 bridgehead atoms. The Kier molecular flexibility index (Phi) is 6.56. The van der Waals surface area contributed by atoms with Gasteiger partial charge < -0.3 is 20.0 Å². The van der Waals surface area contributed by atoms with Crippen molar-refractivity contribution in [1.82, 2.24) is 9.88 Å². The highest BCUT2D eigenvalue weighted by Gasteiger charge is 2.18. The maximum atomic E-state index is 12.8. The van der Waals surface area contributed by atoms with Crippen molar-refractivity contribution in [2.45, 2.75) is 32.7 Å². The van der Waals surface area contributed by atoms with Crippen LogP contribution in [0.3, 0.4) is 0 Å². The Hall–Kier alpha value is -3.26. The molecule has 1 heterocycles. The second-order valence-corrected chi connectivity index (χ2v) is 7.32. The minimum Gasteiger partial charge on any atom is -0.489 e. The van der Waals surface area contributed by atoms with Crippen LogP contribution in [-0.2, 0) is 0 Å². The first-order chi connectivity index (χ1) is 14.0. The predicted octanol–water partition coefficient (Wildman–Crippen LogP) is 3.66. The summed E-state index contributed by atoms with van der Waals surface area (Å²) in [6.07, 6.45) is 5.37. The highest BCUT2D eigenvalue weighted by Crippen LogP contribution is 2.27. The smallest absolute Gasteiger partial charge is 0.254 e. The summed E-state index contributed by atoms with van der Waals surface area (Å²) in [6.45, 7) is 4.15. The van der Waals surface area contributed by atoms with Crippen molar-refractivity contribution in [3.05, 3.63) is 75.3 Å². The molecule has 1 aromatic heterocycles. The quantitative estimate of drug-likeness (QED) is 0.561. The molecular formula is C24H27N3O2. The summed E-state index contributed by atoms with van der Waals surface area (Å²) >= 11 is 0. The average molecular weight is 389 g/mol. The molecular weight excluding hydrogens is 362 g/mol. The molecule has 29 heavy (non-hydrogen) atoms. The van der Waals surface area contributed by atoms with Crippen LogP contribution in [0.25, 0.3) is 0 Å². The molecule has 0 radical (unpaired) electrons. The lowest BCUT2D eigenvalue weighted by atomic mass is 10.1. The molecule has 150 valence electrons. The van der Waals surface area contributed by atoms with E-state index in [1.54, 1.807) is 17.8 Å². The number of benzene rings is 1. The number of rotatable bonds is 7. The third-order valence-electron chi connectivity index (χ3n) is 4.93. The van der Waals surface area contributed by atoms with Crippen molar-refractivity contribution in [2.75, 3.05) is 13.7 Å². The fraction of sp³-hybridized carbons (Fsp3) is 0.333. The Morgan fingerprint density at radius 3 is 2.66 bits per heavy atom. The largest absolute Gasteiger partial charge is 0.489 e. The second-order valence-electron chi connectivity index (χ2n) is 7.32. The van der Waals surface area contributed by atoms with Gasteiger partial charge in [0.1, 0.15) is 12.4 Å². The summed E-state index contributed by atoms with van der Waals surface area (Å²) in [5, 5.41) is 10.2. The van der Waals surface area contributed by atoms with E-state index in [0.29, 0.717) is 17.2 Å². The van der Waals surface area contributed by atoms with Crippen LogP contribution in [0.5, 0.6) is 5.75 Å². The molecule has 2 aromatic rings. The Labute approximate surface area is 171 Å². The van der Waals surface area contributed by atoms with Crippen molar-refractivity contribution in [1.29, 1.82) is 5.41 Å². The molecule has 0 amide bonds. The Bertz CT molecular complexity index is 1020. The van der Waals surface area contributed by atoms with Crippen LogP contribution in [0, 0.1) is 30.1 Å². The molecule has 5 nitrogen and oxygen atoms in total. The maximum absolute atomic E-state index is 12.8. The van der Waals surface area contributed by atoms with E-state index in [-0.39, 0.29) is 18.2 Å². The SMILES string of the molecule is CN/C=C(\C=N)COc1cc(C)n([C@H](C)c2ccc(C#CC3CC3)cc2)c(=O)c1. The zero-order valence-electron chi connectivity index (χ0n) is 17.2. The maximum Gasteiger partial charge on any atom is 0.254 e. The Morgan fingerprint density at radius 1 is 1.34 bits per heavy atom. The van der Waals surface area contributed by atoms with Crippen molar-refractivity contribution >= 4 is 6.21 Å². The van der Waals surface area contributed by atoms with Crippen molar-refractivity contribution in [3.8, 4) is 17.6 Å². The molecule has 0 aliphatic heterocycles. The summed E-state index contributed by atoms with van der Waals surface area (Å²) in [4.78, 5) is 12.8. The molecule has 1 aliphatic carbocycles. The van der Waals surface area contributed by atoms with Crippen LogP contribution in [0.4, 0.5) is 0 Å².